The van der Waals surface area contributed by atoms with Gasteiger partial charge in [0.15, 0.2) is 11.6 Å². The molecule has 2 aliphatic heterocycles. The average molecular weight is 871 g/mol. The number of ketones is 3. The molecule has 5 rings (SSSR count). The van der Waals surface area contributed by atoms with Gasteiger partial charge in [-0.05, 0) is 137 Å². The summed E-state index contributed by atoms with van der Waals surface area (Å²) >= 11 is 0. The Balaban J connectivity index is 0.000000732. The number of carbonyl (C=O) groups excluding carboxylic acids is 3. The Morgan fingerprint density at radius 2 is 1.52 bits per heavy atom. The van der Waals surface area contributed by atoms with E-state index in [0.29, 0.717) is 41.6 Å². The van der Waals surface area contributed by atoms with Crippen LogP contribution in [-0.2, 0) is 4.79 Å². The molecule has 3 heterocycles. The van der Waals surface area contributed by atoms with Gasteiger partial charge in [-0.2, -0.15) is 0 Å². The number of piperazine rings is 1. The Morgan fingerprint density at radius 1 is 0.844 bits per heavy atom. The van der Waals surface area contributed by atoms with E-state index in [1.165, 1.54) is 63.6 Å². The fourth-order valence-electron chi connectivity index (χ4n) is 8.12. The standard InChI is InChI=1S/C45H58N4O2.C10H18O.C2H6/c1-30(2)24-37(38-12-14-41(33(7)25-38)44-27-46-18-16-40(44)31(3)4)11-10-34(8)49-28-36(29-49)17-19-47-20-22-48(23-21-47)39-13-15-42(35(9)50)43(26-39)45(51)32(5)6;1-5-10(11)7-6-9(4)8(2)3;1-2/h10-16,18,24-27,31-32,36H,17,19-23,28-29H2,1-9H3;9H,2,5-7H2,1,3-4H3;1-2H3/b34-10+,37-11+;;. The fraction of sp³-hybridized carbons (Fsp3) is 0.509. The van der Waals surface area contributed by atoms with Crippen LogP contribution in [0.25, 0.3) is 16.7 Å². The van der Waals surface area contributed by atoms with E-state index < -0.39 is 0 Å². The predicted molar refractivity (Wildman–Crippen MR) is 273 cm³/mol. The van der Waals surface area contributed by atoms with Crippen molar-refractivity contribution < 1.29 is 14.4 Å². The molecular weight excluding hydrogens is 789 g/mol. The highest BCUT2D eigenvalue weighted by Crippen LogP contribution is 2.33. The topological polar surface area (TPSA) is 73.8 Å². The third kappa shape index (κ3) is 15.7. The number of aryl methyl sites for hydroxylation is 1. The van der Waals surface area contributed by atoms with Gasteiger partial charge < -0.3 is 9.80 Å². The minimum absolute atomic E-state index is 0.0341. The van der Waals surface area contributed by atoms with Crippen molar-refractivity contribution in [1.82, 2.24) is 14.8 Å². The lowest BCUT2D eigenvalue weighted by Crippen LogP contribution is -2.49. The summed E-state index contributed by atoms with van der Waals surface area (Å²) in [7, 11) is 0. The maximum absolute atomic E-state index is 12.9. The predicted octanol–water partition coefficient (Wildman–Crippen LogP) is 13.6. The van der Waals surface area contributed by atoms with Gasteiger partial charge in [0.1, 0.15) is 5.78 Å². The summed E-state index contributed by atoms with van der Waals surface area (Å²) in [6.45, 7) is 39.7. The lowest BCUT2D eigenvalue weighted by atomic mass is 9.90. The summed E-state index contributed by atoms with van der Waals surface area (Å²) in [5.41, 5.74) is 13.4. The van der Waals surface area contributed by atoms with Gasteiger partial charge in [0.2, 0.25) is 0 Å². The van der Waals surface area contributed by atoms with E-state index in [1.54, 1.807) is 0 Å². The number of likely N-dealkylation sites (tertiary alicyclic amines) is 1. The second-order valence-electron chi connectivity index (χ2n) is 18.7. The minimum Gasteiger partial charge on any atom is -0.374 e. The average Bonchev–Trinajstić information content (AvgIpc) is 3.26. The summed E-state index contributed by atoms with van der Waals surface area (Å²) < 4.78 is 0. The largest absolute Gasteiger partial charge is 0.374 e. The molecule has 3 aromatic rings. The third-order valence-corrected chi connectivity index (χ3v) is 12.6. The molecule has 1 atom stereocenters. The van der Waals surface area contributed by atoms with Crippen LogP contribution in [0.5, 0.6) is 0 Å². The summed E-state index contributed by atoms with van der Waals surface area (Å²) in [5.74, 6) is 1.85. The number of pyridine rings is 1. The van der Waals surface area contributed by atoms with Crippen molar-refractivity contribution in [2.45, 2.75) is 129 Å². The van der Waals surface area contributed by atoms with E-state index in [4.69, 9.17) is 0 Å². The summed E-state index contributed by atoms with van der Waals surface area (Å²) in [5, 5.41) is 0. The number of hydrogen-bond acceptors (Lipinski definition) is 7. The lowest BCUT2D eigenvalue weighted by Gasteiger charge is -2.43. The first-order valence-electron chi connectivity index (χ1n) is 24.1. The monoisotopic (exact) mass is 871 g/mol. The molecule has 2 aliphatic rings. The van der Waals surface area contributed by atoms with Crippen molar-refractivity contribution in [3.63, 3.8) is 0 Å². The Labute approximate surface area is 388 Å². The molecule has 7 nitrogen and oxygen atoms in total. The van der Waals surface area contributed by atoms with Crippen molar-refractivity contribution in [2.24, 2.45) is 17.8 Å². The Kier molecular flexibility index (Phi) is 21.9. The second kappa shape index (κ2) is 26.2. The number of carbonyl (C=O) groups is 3. The minimum atomic E-state index is -0.141. The van der Waals surface area contributed by atoms with E-state index in [9.17, 15) is 14.4 Å². The quantitative estimate of drug-likeness (QED) is 0.0716. The Hall–Kier alpha value is -4.88. The molecule has 7 heteroatoms. The number of hydrogen-bond donors (Lipinski definition) is 0. The molecule has 2 saturated heterocycles. The lowest BCUT2D eigenvalue weighted by molar-refractivity contribution is -0.119. The number of allylic oxidation sites excluding steroid dienone is 7. The van der Waals surface area contributed by atoms with Crippen LogP contribution in [0.4, 0.5) is 5.69 Å². The number of Topliss-reactive ketones (excluding diaryl/α,β-unsaturated/α-hetero) is 3. The number of benzene rings is 2. The zero-order chi connectivity index (χ0) is 47.7. The molecule has 1 aromatic heterocycles. The van der Waals surface area contributed by atoms with Crippen molar-refractivity contribution in [1.29, 1.82) is 0 Å². The van der Waals surface area contributed by atoms with Crippen molar-refractivity contribution in [3.05, 3.63) is 124 Å². The van der Waals surface area contributed by atoms with Crippen LogP contribution in [0.3, 0.4) is 0 Å². The molecule has 348 valence electrons. The zero-order valence-electron chi connectivity index (χ0n) is 42.2. The molecule has 2 fully saturated rings. The van der Waals surface area contributed by atoms with Crippen LogP contribution in [0.15, 0.2) is 96.5 Å². The normalized spacial score (nSPS) is 15.1. The summed E-state index contributed by atoms with van der Waals surface area (Å²) in [6, 6.07) is 14.7. The van der Waals surface area contributed by atoms with E-state index in [2.05, 4.69) is 117 Å². The molecule has 64 heavy (non-hydrogen) atoms. The van der Waals surface area contributed by atoms with E-state index in [1.807, 2.05) is 72.1 Å². The maximum Gasteiger partial charge on any atom is 0.166 e. The van der Waals surface area contributed by atoms with Crippen LogP contribution in [-0.4, -0.2) is 77.9 Å². The van der Waals surface area contributed by atoms with Gasteiger partial charge in [0.05, 0.1) is 0 Å². The molecule has 0 aliphatic carbocycles. The molecule has 0 bridgehead atoms. The van der Waals surface area contributed by atoms with Crippen molar-refractivity contribution in [3.8, 4) is 11.1 Å². The van der Waals surface area contributed by atoms with Gasteiger partial charge in [-0.25, -0.2) is 0 Å². The Morgan fingerprint density at radius 3 is 2.08 bits per heavy atom. The SMILES string of the molecule is C=C(C)C(C)CCC(=O)CC.CC.CC(=O)c1ccc(N2CCN(CCC3CN(/C(C)=C/C=C(\C=C(C)C)c4ccc(-c5cnccc5C(C)C)c(C)c4)C3)CC2)cc1C(=O)C(C)C. The Bertz CT molecular complexity index is 2120. The van der Waals surface area contributed by atoms with E-state index >= 15 is 0 Å². The smallest absolute Gasteiger partial charge is 0.166 e. The highest BCUT2D eigenvalue weighted by Gasteiger charge is 2.28. The van der Waals surface area contributed by atoms with Crippen LogP contribution in [0.1, 0.15) is 159 Å². The first-order chi connectivity index (χ1) is 30.4. The highest BCUT2D eigenvalue weighted by atomic mass is 16.1. The van der Waals surface area contributed by atoms with Crippen molar-refractivity contribution >= 4 is 28.6 Å². The number of rotatable bonds is 18. The number of aromatic nitrogens is 1. The highest BCUT2D eigenvalue weighted by molar-refractivity contribution is 6.09. The number of nitrogens with zero attached hydrogens (tertiary/aromatic N) is 4. The van der Waals surface area contributed by atoms with Gasteiger partial charge in [0, 0.05) is 98.5 Å². The van der Waals surface area contributed by atoms with Gasteiger partial charge in [0.25, 0.3) is 0 Å². The van der Waals surface area contributed by atoms with Gasteiger partial charge in [-0.1, -0.05) is 103 Å². The first kappa shape index (κ1) is 53.5. The van der Waals surface area contributed by atoms with Crippen LogP contribution < -0.4 is 4.90 Å². The first-order valence-corrected chi connectivity index (χ1v) is 24.1. The third-order valence-electron chi connectivity index (χ3n) is 12.6. The zero-order valence-corrected chi connectivity index (χ0v) is 42.2. The molecule has 1 unspecified atom stereocenters. The van der Waals surface area contributed by atoms with Gasteiger partial charge in [-0.3, -0.25) is 24.3 Å². The van der Waals surface area contributed by atoms with E-state index in [0.717, 1.165) is 63.8 Å². The van der Waals surface area contributed by atoms with Crippen molar-refractivity contribution in [2.75, 3.05) is 50.7 Å². The second-order valence-corrected chi connectivity index (χ2v) is 18.7. The van der Waals surface area contributed by atoms with E-state index in [-0.39, 0.29) is 17.5 Å². The molecule has 0 amide bonds. The fourth-order valence-corrected chi connectivity index (χ4v) is 8.12. The molecular formula is C57H82N4O3. The maximum atomic E-state index is 12.9. The molecule has 2 aromatic carbocycles. The van der Waals surface area contributed by atoms with Crippen LogP contribution in [0.2, 0.25) is 0 Å². The van der Waals surface area contributed by atoms with Gasteiger partial charge in [-0.15, -0.1) is 0 Å². The summed E-state index contributed by atoms with van der Waals surface area (Å²) in [6.07, 6.45) is 14.3. The molecule has 0 spiro atoms. The molecule has 0 saturated carbocycles. The van der Waals surface area contributed by atoms with Crippen LogP contribution in [0, 0.1) is 24.7 Å². The van der Waals surface area contributed by atoms with Crippen LogP contribution >= 0.6 is 0 Å². The van der Waals surface area contributed by atoms with Gasteiger partial charge >= 0.3 is 0 Å². The molecule has 0 radical (unpaired) electrons. The summed E-state index contributed by atoms with van der Waals surface area (Å²) in [4.78, 5) is 47.8. The number of anilines is 1. The molecule has 0 N–H and O–H groups in total.